The molecule has 1 aliphatic rings. The molecule has 1 saturated heterocycles. The Morgan fingerprint density at radius 1 is 1.26 bits per heavy atom. The number of nitrogens with zero attached hydrogens (tertiary/aromatic N) is 3. The van der Waals surface area contributed by atoms with Crippen LogP contribution in [0, 0.1) is 0 Å². The number of aromatic hydroxyl groups is 1. The Kier molecular flexibility index (Phi) is 4.81. The zero-order valence-electron chi connectivity index (χ0n) is 13.8. The molecule has 0 bridgehead atoms. The average Bonchev–Trinajstić information content (AvgIpc) is 3.04. The normalized spacial score (nSPS) is 18.1. The summed E-state index contributed by atoms with van der Waals surface area (Å²) < 4.78 is 0. The summed E-state index contributed by atoms with van der Waals surface area (Å²) in [6.45, 7) is 1.13. The van der Waals surface area contributed by atoms with E-state index in [1.165, 1.54) is 19.3 Å². The fourth-order valence-electron chi connectivity index (χ4n) is 3.05. The number of piperidine rings is 1. The van der Waals surface area contributed by atoms with Crippen LogP contribution in [0.2, 0.25) is 0 Å². The molecule has 0 unspecified atom stereocenters. The van der Waals surface area contributed by atoms with Gasteiger partial charge in [-0.25, -0.2) is 0 Å². The minimum Gasteiger partial charge on any atom is -0.508 e. The zero-order valence-corrected chi connectivity index (χ0v) is 13.8. The molecule has 2 heterocycles. The molecular weight excluding hydrogens is 290 g/mol. The van der Waals surface area contributed by atoms with Crippen molar-refractivity contribution in [2.24, 2.45) is 0 Å². The second-order valence-electron chi connectivity index (χ2n) is 6.45. The highest BCUT2D eigenvalue weighted by atomic mass is 16.3. The number of nitrogens with one attached hydrogen (secondary N) is 2. The van der Waals surface area contributed by atoms with Crippen LogP contribution in [0.15, 0.2) is 18.2 Å². The second kappa shape index (κ2) is 7.00. The lowest BCUT2D eigenvalue weighted by atomic mass is 9.97. The average molecular weight is 315 g/mol. The standard InChI is InChI=1S/C17H25N5O/c1-22(2)17-19-16(20-21-17)13-9-12(10-15(23)11-13)6-7-14-5-3-4-8-18-14/h9-11,14,18,23H,3-8H2,1-2H3,(H,19,20,21)/t14-/m0/s1. The zero-order chi connectivity index (χ0) is 16.2. The largest absolute Gasteiger partial charge is 0.508 e. The number of phenols is 1. The molecule has 6 heteroatoms. The van der Waals surface area contributed by atoms with E-state index in [2.05, 4.69) is 26.6 Å². The summed E-state index contributed by atoms with van der Waals surface area (Å²) in [5.41, 5.74) is 2.01. The highest BCUT2D eigenvalue weighted by molar-refractivity contribution is 5.60. The third-order valence-corrected chi connectivity index (χ3v) is 4.32. The summed E-state index contributed by atoms with van der Waals surface area (Å²) in [4.78, 5) is 6.29. The van der Waals surface area contributed by atoms with Crippen LogP contribution in [0.25, 0.3) is 11.4 Å². The van der Waals surface area contributed by atoms with E-state index < -0.39 is 0 Å². The van der Waals surface area contributed by atoms with Crippen molar-refractivity contribution in [1.29, 1.82) is 0 Å². The first-order valence-corrected chi connectivity index (χ1v) is 8.28. The number of aromatic amines is 1. The van der Waals surface area contributed by atoms with Gasteiger partial charge in [-0.15, -0.1) is 5.10 Å². The minimum atomic E-state index is 0.275. The van der Waals surface area contributed by atoms with Crippen molar-refractivity contribution in [1.82, 2.24) is 20.5 Å². The van der Waals surface area contributed by atoms with Crippen molar-refractivity contribution >= 4 is 5.95 Å². The molecule has 1 fully saturated rings. The van der Waals surface area contributed by atoms with Gasteiger partial charge in [0.15, 0.2) is 5.82 Å². The van der Waals surface area contributed by atoms with Crippen molar-refractivity contribution < 1.29 is 5.11 Å². The first-order chi connectivity index (χ1) is 11.1. The van der Waals surface area contributed by atoms with Crippen LogP contribution in [-0.4, -0.2) is 47.0 Å². The summed E-state index contributed by atoms with van der Waals surface area (Å²) in [6, 6.07) is 6.25. The van der Waals surface area contributed by atoms with Crippen LogP contribution >= 0.6 is 0 Å². The summed E-state index contributed by atoms with van der Waals surface area (Å²) in [7, 11) is 3.80. The summed E-state index contributed by atoms with van der Waals surface area (Å²) >= 11 is 0. The lowest BCUT2D eigenvalue weighted by Crippen LogP contribution is -2.34. The predicted molar refractivity (Wildman–Crippen MR) is 91.8 cm³/mol. The molecule has 1 aromatic carbocycles. The highest BCUT2D eigenvalue weighted by Crippen LogP contribution is 2.25. The van der Waals surface area contributed by atoms with Crippen molar-refractivity contribution in [2.75, 3.05) is 25.5 Å². The van der Waals surface area contributed by atoms with E-state index in [0.29, 0.717) is 17.8 Å². The van der Waals surface area contributed by atoms with Gasteiger partial charge in [-0.1, -0.05) is 6.42 Å². The maximum Gasteiger partial charge on any atom is 0.244 e. The summed E-state index contributed by atoms with van der Waals surface area (Å²) in [5, 5.41) is 20.7. The van der Waals surface area contributed by atoms with Gasteiger partial charge in [-0.2, -0.15) is 4.98 Å². The molecule has 0 aliphatic carbocycles. The minimum absolute atomic E-state index is 0.275. The fourth-order valence-corrected chi connectivity index (χ4v) is 3.05. The van der Waals surface area contributed by atoms with Gasteiger partial charge in [0.2, 0.25) is 5.95 Å². The topological polar surface area (TPSA) is 77.1 Å². The first kappa shape index (κ1) is 15.8. The lowest BCUT2D eigenvalue weighted by Gasteiger charge is -2.23. The number of phenolic OH excluding ortho intramolecular Hbond substituents is 1. The van der Waals surface area contributed by atoms with Crippen molar-refractivity contribution in [2.45, 2.75) is 38.1 Å². The molecule has 1 aromatic heterocycles. The maximum atomic E-state index is 10.0. The van der Waals surface area contributed by atoms with Crippen LogP contribution in [0.1, 0.15) is 31.2 Å². The first-order valence-electron chi connectivity index (χ1n) is 8.28. The van der Waals surface area contributed by atoms with Gasteiger partial charge >= 0.3 is 0 Å². The maximum absolute atomic E-state index is 10.0. The SMILES string of the molecule is CN(C)c1n[nH]c(-c2cc(O)cc(CC[C@@H]3CCCCN3)c2)n1. The molecule has 1 atom stereocenters. The van der Waals surface area contributed by atoms with Gasteiger partial charge in [0, 0.05) is 25.7 Å². The number of aryl methyl sites for hydroxylation is 1. The van der Waals surface area contributed by atoms with E-state index in [9.17, 15) is 5.11 Å². The second-order valence-corrected chi connectivity index (χ2v) is 6.45. The Morgan fingerprint density at radius 3 is 2.83 bits per heavy atom. The van der Waals surface area contributed by atoms with E-state index in [-0.39, 0.29) is 5.75 Å². The Bertz CT molecular complexity index is 646. The number of hydrogen-bond acceptors (Lipinski definition) is 5. The summed E-state index contributed by atoms with van der Waals surface area (Å²) in [5.74, 6) is 1.59. The van der Waals surface area contributed by atoms with Crippen molar-refractivity contribution in [3.05, 3.63) is 23.8 Å². The summed E-state index contributed by atoms with van der Waals surface area (Å²) in [6.07, 6.45) is 5.90. The number of benzene rings is 1. The van der Waals surface area contributed by atoms with Crippen LogP contribution in [0.3, 0.4) is 0 Å². The number of aromatic nitrogens is 3. The molecular formula is C17H25N5O. The van der Waals surface area contributed by atoms with E-state index in [4.69, 9.17) is 0 Å². The van der Waals surface area contributed by atoms with Crippen molar-refractivity contribution in [3.8, 4) is 17.1 Å². The van der Waals surface area contributed by atoms with E-state index in [1.54, 1.807) is 6.07 Å². The molecule has 0 radical (unpaired) electrons. The third-order valence-electron chi connectivity index (χ3n) is 4.32. The van der Waals surface area contributed by atoms with E-state index in [1.807, 2.05) is 25.1 Å². The Balaban J connectivity index is 1.72. The highest BCUT2D eigenvalue weighted by Gasteiger charge is 2.14. The number of rotatable bonds is 5. The van der Waals surface area contributed by atoms with Gasteiger partial charge in [0.1, 0.15) is 5.75 Å². The van der Waals surface area contributed by atoms with Crippen LogP contribution in [0.5, 0.6) is 5.75 Å². The van der Waals surface area contributed by atoms with E-state index >= 15 is 0 Å². The van der Waals surface area contributed by atoms with E-state index in [0.717, 1.165) is 30.5 Å². The number of hydrogen-bond donors (Lipinski definition) is 3. The van der Waals surface area contributed by atoms with Gasteiger partial charge in [0.25, 0.3) is 0 Å². The Hall–Kier alpha value is -2.08. The molecule has 0 spiro atoms. The third kappa shape index (κ3) is 4.01. The molecule has 23 heavy (non-hydrogen) atoms. The van der Waals surface area contributed by atoms with Gasteiger partial charge in [-0.3, -0.25) is 5.10 Å². The molecule has 3 rings (SSSR count). The van der Waals surface area contributed by atoms with Gasteiger partial charge in [-0.05, 0) is 56.0 Å². The quantitative estimate of drug-likeness (QED) is 0.789. The Morgan fingerprint density at radius 2 is 2.13 bits per heavy atom. The van der Waals surface area contributed by atoms with Crippen LogP contribution in [0.4, 0.5) is 5.95 Å². The predicted octanol–water partition coefficient (Wildman–Crippen LogP) is 2.32. The van der Waals surface area contributed by atoms with Crippen LogP contribution < -0.4 is 10.2 Å². The fraction of sp³-hybridized carbons (Fsp3) is 0.529. The smallest absolute Gasteiger partial charge is 0.244 e. The molecule has 0 amide bonds. The van der Waals surface area contributed by atoms with Gasteiger partial charge in [0.05, 0.1) is 0 Å². The molecule has 0 saturated carbocycles. The monoisotopic (exact) mass is 315 g/mol. The Labute approximate surface area is 136 Å². The molecule has 6 nitrogen and oxygen atoms in total. The number of anilines is 1. The van der Waals surface area contributed by atoms with Crippen LogP contribution in [-0.2, 0) is 6.42 Å². The lowest BCUT2D eigenvalue weighted by molar-refractivity contribution is 0.382. The molecule has 2 aromatic rings. The molecule has 1 aliphatic heterocycles. The molecule has 3 N–H and O–H groups in total. The molecule has 124 valence electrons. The van der Waals surface area contributed by atoms with Crippen molar-refractivity contribution in [3.63, 3.8) is 0 Å². The number of H-pyrrole nitrogens is 1. The van der Waals surface area contributed by atoms with Gasteiger partial charge < -0.3 is 15.3 Å².